The van der Waals surface area contributed by atoms with E-state index in [2.05, 4.69) is 19.2 Å². The van der Waals surface area contributed by atoms with Gasteiger partial charge < -0.3 is 34.3 Å². The largest absolute Gasteiger partial charge is 0.444 e. The molecule has 4 amide bonds. The maximum atomic E-state index is 13.4. The monoisotopic (exact) mass is 668 g/mol. The summed E-state index contributed by atoms with van der Waals surface area (Å²) in [4.78, 5) is 54.9. The second-order valence-corrected chi connectivity index (χ2v) is 17.0. The first kappa shape index (κ1) is 34.8. The zero-order valence-corrected chi connectivity index (χ0v) is 29.8. The number of aliphatic hydroxyl groups is 1. The molecule has 0 bridgehead atoms. The van der Waals surface area contributed by atoms with Gasteiger partial charge in [-0.25, -0.2) is 14.4 Å². The highest BCUT2D eigenvalue weighted by atomic mass is 16.6. The number of nitrogens with one attached hydrogen (secondary N) is 1. The molecule has 4 saturated carbocycles. The molecule has 0 spiro atoms. The molecule has 48 heavy (non-hydrogen) atoms. The number of piperazine rings is 1. The van der Waals surface area contributed by atoms with Crippen LogP contribution in [-0.2, 0) is 9.53 Å². The van der Waals surface area contributed by atoms with Crippen LogP contribution in [0.2, 0.25) is 0 Å². The standard InChI is InChI=1S/C37H56N4O7/c1-34(2,3)48-33(45)39(6)22-30(42)40-17-19-41(20-18-40)32(44)38-26-11-14-35(4)25(21-26)8-9-29-28(35)12-15-36(5)27(13-16-37(29,36)46)24-7-10-31(43)47-23-24/h7,10,23,25-29,46H,8-9,11-22H2,1-6H3,(H,38,44)/t25-,26+,27-,28+,29-,35+,36-,37+/m1/s1. The second-order valence-electron chi connectivity index (χ2n) is 17.0. The fourth-order valence-corrected chi connectivity index (χ4v) is 10.6. The van der Waals surface area contributed by atoms with Crippen LogP contribution >= 0.6 is 0 Å². The van der Waals surface area contributed by atoms with Crippen LogP contribution in [0.5, 0.6) is 0 Å². The van der Waals surface area contributed by atoms with Crippen molar-refractivity contribution in [3.63, 3.8) is 0 Å². The lowest BCUT2D eigenvalue weighted by molar-refractivity contribution is -0.201. The molecule has 5 aliphatic rings. The minimum atomic E-state index is -0.732. The molecule has 5 fully saturated rings. The van der Waals surface area contributed by atoms with Crippen LogP contribution in [0.15, 0.2) is 27.6 Å². The lowest BCUT2D eigenvalue weighted by Crippen LogP contribution is -2.62. The van der Waals surface area contributed by atoms with E-state index in [4.69, 9.17) is 9.15 Å². The molecule has 11 nitrogen and oxygen atoms in total. The molecule has 0 unspecified atom stereocenters. The number of fused-ring (bicyclic) bond motifs is 5. The number of urea groups is 1. The van der Waals surface area contributed by atoms with Crippen LogP contribution in [0.3, 0.4) is 0 Å². The number of hydrogen-bond acceptors (Lipinski definition) is 7. The Morgan fingerprint density at radius 1 is 0.979 bits per heavy atom. The van der Waals surface area contributed by atoms with E-state index in [0.717, 1.165) is 63.4 Å². The van der Waals surface area contributed by atoms with Gasteiger partial charge in [0.2, 0.25) is 5.91 Å². The zero-order chi connectivity index (χ0) is 34.6. The zero-order valence-electron chi connectivity index (χ0n) is 29.8. The Labute approximate surface area is 284 Å². The molecule has 1 aromatic heterocycles. The third-order valence-electron chi connectivity index (χ3n) is 13.3. The first-order valence-corrected chi connectivity index (χ1v) is 18.1. The van der Waals surface area contributed by atoms with Gasteiger partial charge in [-0.15, -0.1) is 0 Å². The van der Waals surface area contributed by atoms with E-state index in [-0.39, 0.29) is 52.8 Å². The SMILES string of the molecule is CN(CC(=O)N1CCN(C(=O)N[C@H]2CC[C@@]3(C)[C@H](CC[C@@H]4[C@@H]3CC[C@]3(C)[C@@H](c5ccc(=O)oc5)CC[C@]43O)C2)CC1)C(=O)OC(C)(C)C. The quantitative estimate of drug-likeness (QED) is 0.463. The van der Waals surface area contributed by atoms with Gasteiger partial charge in [0.05, 0.1) is 11.9 Å². The van der Waals surface area contributed by atoms with Crippen molar-refractivity contribution < 1.29 is 28.6 Å². The Balaban J connectivity index is 1.01. The van der Waals surface area contributed by atoms with Gasteiger partial charge in [-0.1, -0.05) is 13.8 Å². The van der Waals surface area contributed by atoms with E-state index < -0.39 is 17.3 Å². The van der Waals surface area contributed by atoms with Gasteiger partial charge in [0.25, 0.3) is 0 Å². The van der Waals surface area contributed by atoms with Gasteiger partial charge in [0.1, 0.15) is 12.1 Å². The molecule has 1 aliphatic heterocycles. The highest BCUT2D eigenvalue weighted by molar-refractivity contribution is 5.82. The summed E-state index contributed by atoms with van der Waals surface area (Å²) in [6, 6.07) is 3.45. The van der Waals surface area contributed by atoms with Crippen LogP contribution in [0, 0.1) is 28.6 Å². The van der Waals surface area contributed by atoms with Crippen LogP contribution in [0.1, 0.15) is 104 Å². The Morgan fingerprint density at radius 3 is 2.35 bits per heavy atom. The molecule has 0 radical (unpaired) electrons. The molecule has 11 heteroatoms. The van der Waals surface area contributed by atoms with E-state index >= 15 is 0 Å². The molecule has 2 N–H and O–H groups in total. The van der Waals surface area contributed by atoms with Gasteiger partial charge in [-0.2, -0.15) is 0 Å². The van der Waals surface area contributed by atoms with Gasteiger partial charge in [0, 0.05) is 50.7 Å². The molecule has 8 atom stereocenters. The van der Waals surface area contributed by atoms with Crippen LogP contribution < -0.4 is 10.9 Å². The van der Waals surface area contributed by atoms with Crippen LogP contribution in [0.25, 0.3) is 0 Å². The number of nitrogens with zero attached hydrogens (tertiary/aromatic N) is 3. The fourth-order valence-electron chi connectivity index (χ4n) is 10.6. The minimum Gasteiger partial charge on any atom is -0.444 e. The summed E-state index contributed by atoms with van der Waals surface area (Å²) in [5.41, 5.74) is -0.779. The maximum absolute atomic E-state index is 13.4. The highest BCUT2D eigenvalue weighted by Crippen LogP contribution is 2.70. The normalized spacial score (nSPS) is 36.4. The Hall–Kier alpha value is -3.08. The number of ether oxygens (including phenoxy) is 1. The van der Waals surface area contributed by atoms with E-state index in [1.54, 1.807) is 43.9 Å². The summed E-state index contributed by atoms with van der Waals surface area (Å²) < 4.78 is 10.6. The number of carbonyl (C=O) groups excluding carboxylic acids is 3. The highest BCUT2D eigenvalue weighted by Gasteiger charge is 2.67. The predicted molar refractivity (Wildman–Crippen MR) is 180 cm³/mol. The summed E-state index contributed by atoms with van der Waals surface area (Å²) in [7, 11) is 1.56. The van der Waals surface area contributed by atoms with Crippen molar-refractivity contribution in [2.24, 2.45) is 28.6 Å². The lowest BCUT2D eigenvalue weighted by Gasteiger charge is -2.63. The van der Waals surface area contributed by atoms with Crippen molar-refractivity contribution in [2.75, 3.05) is 39.8 Å². The molecule has 1 saturated heterocycles. The third kappa shape index (κ3) is 6.24. The van der Waals surface area contributed by atoms with Crippen molar-refractivity contribution in [3.05, 3.63) is 34.4 Å². The average Bonchev–Trinajstić information content (AvgIpc) is 3.31. The van der Waals surface area contributed by atoms with E-state index in [9.17, 15) is 24.3 Å². The number of likely N-dealkylation sites (N-methyl/N-ethyl adjacent to an activating group) is 1. The van der Waals surface area contributed by atoms with Crippen LogP contribution in [0.4, 0.5) is 9.59 Å². The molecule has 2 heterocycles. The molecule has 1 aromatic rings. The molecule has 6 rings (SSSR count). The van der Waals surface area contributed by atoms with Crippen molar-refractivity contribution >= 4 is 18.0 Å². The van der Waals surface area contributed by atoms with E-state index in [0.29, 0.717) is 38.0 Å². The van der Waals surface area contributed by atoms with E-state index in [1.165, 1.54) is 11.0 Å². The van der Waals surface area contributed by atoms with Crippen molar-refractivity contribution in [1.29, 1.82) is 0 Å². The van der Waals surface area contributed by atoms with Gasteiger partial charge in [-0.05, 0) is 119 Å². The van der Waals surface area contributed by atoms with Crippen molar-refractivity contribution in [2.45, 2.75) is 116 Å². The minimum absolute atomic E-state index is 0.0605. The lowest BCUT2D eigenvalue weighted by atomic mass is 9.43. The fraction of sp³-hybridized carbons (Fsp3) is 0.784. The second kappa shape index (κ2) is 12.7. The topological polar surface area (TPSA) is 133 Å². The first-order chi connectivity index (χ1) is 22.5. The molecule has 4 aliphatic carbocycles. The number of rotatable bonds is 4. The maximum Gasteiger partial charge on any atom is 0.410 e. The number of carbonyl (C=O) groups is 3. The van der Waals surface area contributed by atoms with Crippen LogP contribution in [-0.4, -0.2) is 94.9 Å². The van der Waals surface area contributed by atoms with Gasteiger partial charge >= 0.3 is 17.7 Å². The molecule has 0 aromatic carbocycles. The Bertz CT molecular complexity index is 1430. The number of hydrogen-bond donors (Lipinski definition) is 2. The van der Waals surface area contributed by atoms with Gasteiger partial charge in [-0.3, -0.25) is 4.79 Å². The summed E-state index contributed by atoms with van der Waals surface area (Å²) >= 11 is 0. The first-order valence-electron chi connectivity index (χ1n) is 18.1. The third-order valence-corrected chi connectivity index (χ3v) is 13.3. The molecule has 266 valence electrons. The van der Waals surface area contributed by atoms with E-state index in [1.807, 2.05) is 6.07 Å². The Morgan fingerprint density at radius 2 is 1.69 bits per heavy atom. The summed E-state index contributed by atoms with van der Waals surface area (Å²) in [5, 5.41) is 15.9. The van der Waals surface area contributed by atoms with Crippen molar-refractivity contribution in [1.82, 2.24) is 20.0 Å². The predicted octanol–water partition coefficient (Wildman–Crippen LogP) is 4.97. The van der Waals surface area contributed by atoms with Crippen molar-refractivity contribution in [3.8, 4) is 0 Å². The summed E-state index contributed by atoms with van der Waals surface area (Å²) in [6.45, 7) is 11.8. The Kier molecular flexibility index (Phi) is 9.18. The smallest absolute Gasteiger partial charge is 0.410 e. The summed E-state index contributed by atoms with van der Waals surface area (Å²) in [5.74, 6) is 1.25. The summed E-state index contributed by atoms with van der Waals surface area (Å²) in [6.07, 6.45) is 9.82. The van der Waals surface area contributed by atoms with Gasteiger partial charge in [0.15, 0.2) is 0 Å². The molecular weight excluding hydrogens is 612 g/mol. The average molecular weight is 669 g/mol. The number of amides is 4. The molecular formula is C37H56N4O7.